The zero-order valence-corrected chi connectivity index (χ0v) is 25.3. The molecule has 2 atom stereocenters. The molecule has 0 bridgehead atoms. The molecule has 1 aliphatic heterocycles. The van der Waals surface area contributed by atoms with Crippen LogP contribution in [0.3, 0.4) is 0 Å². The van der Waals surface area contributed by atoms with Crippen LogP contribution in [0, 0.1) is 14.1 Å². The number of hydrogen-bond donors (Lipinski definition) is 0. The summed E-state index contributed by atoms with van der Waals surface area (Å²) >= 11 is -0.274. The number of benzene rings is 3. The third-order valence-corrected chi connectivity index (χ3v) is 9.63. The zero-order chi connectivity index (χ0) is 28.0. The molecule has 1 saturated heterocycles. The van der Waals surface area contributed by atoms with Gasteiger partial charge >= 0.3 is 33.3 Å². The number of esters is 1. The largest absolute Gasteiger partial charge is 0.509 e. The van der Waals surface area contributed by atoms with Crippen LogP contribution in [-0.4, -0.2) is 24.8 Å². The van der Waals surface area contributed by atoms with Gasteiger partial charge in [0.2, 0.25) is 0 Å². The molecule has 0 spiro atoms. The number of halogens is 1. The molecule has 7 heteroatoms. The van der Waals surface area contributed by atoms with Gasteiger partial charge in [0, 0.05) is 12.0 Å². The summed E-state index contributed by atoms with van der Waals surface area (Å²) in [5, 5.41) is 0. The van der Waals surface area contributed by atoms with Gasteiger partial charge in [0.15, 0.2) is 7.14 Å². The van der Waals surface area contributed by atoms with Crippen LogP contribution in [0.25, 0.3) is 0 Å². The Kier molecular flexibility index (Phi) is 9.53. The fourth-order valence-electron chi connectivity index (χ4n) is 4.16. The summed E-state index contributed by atoms with van der Waals surface area (Å²) in [5.41, 5.74) is 3.55. The Morgan fingerprint density at radius 2 is 1.72 bits per heavy atom. The van der Waals surface area contributed by atoms with E-state index in [1.807, 2.05) is 30.3 Å². The highest BCUT2D eigenvalue weighted by atomic mass is 127. The Balaban J connectivity index is 1.28. The van der Waals surface area contributed by atoms with Crippen LogP contribution in [0.1, 0.15) is 69.8 Å². The summed E-state index contributed by atoms with van der Waals surface area (Å²) in [4.78, 5) is 23.4. The van der Waals surface area contributed by atoms with E-state index in [1.165, 1.54) is 18.3 Å². The van der Waals surface area contributed by atoms with Gasteiger partial charge in [-0.25, -0.2) is 4.79 Å². The fourth-order valence-corrected chi connectivity index (χ4v) is 6.49. The second-order valence-electron chi connectivity index (χ2n) is 10.8. The Morgan fingerprint density at radius 3 is 2.36 bits per heavy atom. The minimum absolute atomic E-state index is 0.00767. The predicted molar refractivity (Wildman–Crippen MR) is 145 cm³/mol. The normalized spacial score (nSPS) is 16.2. The van der Waals surface area contributed by atoms with E-state index in [0.717, 1.165) is 17.7 Å². The summed E-state index contributed by atoms with van der Waals surface area (Å²) in [6.45, 7) is 10.6. The number of rotatable bonds is 8. The first-order chi connectivity index (χ1) is 18.6. The summed E-state index contributed by atoms with van der Waals surface area (Å²) < 4.78 is 24.5. The maximum atomic E-state index is 12.1. The summed E-state index contributed by atoms with van der Waals surface area (Å²) in [5.74, 6) is 1.23. The molecule has 1 fully saturated rings. The first-order valence-corrected chi connectivity index (χ1v) is 15.4. The summed E-state index contributed by atoms with van der Waals surface area (Å²) in [7, 11) is 0. The van der Waals surface area contributed by atoms with Crippen LogP contribution >= 0.6 is 0 Å². The molecule has 0 amide bonds. The van der Waals surface area contributed by atoms with Crippen molar-refractivity contribution in [3.63, 3.8) is 0 Å². The molecule has 4 rings (SSSR count). The van der Waals surface area contributed by atoms with Crippen LogP contribution < -0.4 is 25.9 Å². The van der Waals surface area contributed by atoms with Crippen molar-refractivity contribution in [3.05, 3.63) is 90.6 Å². The Morgan fingerprint density at radius 1 is 1.03 bits per heavy atom. The number of carbonyl (C=O) groups excluding carboxylic acids is 2. The van der Waals surface area contributed by atoms with Crippen molar-refractivity contribution in [1.82, 2.24) is 0 Å². The molecule has 0 N–H and O–H groups in total. The van der Waals surface area contributed by atoms with Gasteiger partial charge in [-0.1, -0.05) is 45.0 Å². The molecule has 0 aliphatic carbocycles. The maximum Gasteiger partial charge on any atom is 0.509 e. The van der Waals surface area contributed by atoms with E-state index in [4.69, 9.17) is 18.9 Å². The molecule has 39 heavy (non-hydrogen) atoms. The third kappa shape index (κ3) is 8.46. The lowest BCUT2D eigenvalue weighted by atomic mass is 9.87. The molecule has 0 radical (unpaired) electrons. The van der Waals surface area contributed by atoms with Gasteiger partial charge in [0.25, 0.3) is 0 Å². The topological polar surface area (TPSA) is 71.1 Å². The van der Waals surface area contributed by atoms with Crippen molar-refractivity contribution in [2.45, 2.75) is 71.5 Å². The lowest BCUT2D eigenvalue weighted by Crippen LogP contribution is -3.61. The smallest absolute Gasteiger partial charge is 0.459 e. The van der Waals surface area contributed by atoms with Crippen LogP contribution in [0.5, 0.6) is 11.5 Å². The van der Waals surface area contributed by atoms with E-state index >= 15 is 0 Å². The molecule has 206 valence electrons. The first-order valence-electron chi connectivity index (χ1n) is 13.2. The fraction of sp³-hybridized carbons (Fsp3) is 0.375. The van der Waals surface area contributed by atoms with E-state index in [-0.39, 0.29) is 39.2 Å². The number of ether oxygens (including phenoxy) is 4. The minimum Gasteiger partial charge on any atom is -0.459 e. The van der Waals surface area contributed by atoms with Crippen molar-refractivity contribution in [3.8, 4) is 11.5 Å². The first kappa shape index (κ1) is 28.9. The molecular weight excluding hydrogens is 607 g/mol. The zero-order valence-electron chi connectivity index (χ0n) is 23.2. The van der Waals surface area contributed by atoms with Crippen molar-refractivity contribution in [2.24, 2.45) is 0 Å². The second-order valence-corrected chi connectivity index (χ2v) is 13.7. The highest BCUT2D eigenvalue weighted by Crippen LogP contribution is 2.26. The van der Waals surface area contributed by atoms with Crippen molar-refractivity contribution < 1.29 is 49.7 Å². The van der Waals surface area contributed by atoms with Gasteiger partial charge in [-0.3, -0.25) is 4.79 Å². The Labute approximate surface area is 241 Å². The van der Waals surface area contributed by atoms with Gasteiger partial charge in [-0.05, 0) is 85.7 Å². The van der Waals surface area contributed by atoms with E-state index in [2.05, 4.69) is 64.1 Å². The minimum atomic E-state index is -0.784. The van der Waals surface area contributed by atoms with Gasteiger partial charge < -0.3 is 18.9 Å². The number of carbonyl (C=O) groups is 2. The van der Waals surface area contributed by atoms with Gasteiger partial charge in [-0.2, -0.15) is 0 Å². The molecule has 3 aromatic rings. The summed E-state index contributed by atoms with van der Waals surface area (Å²) in [6.07, 6.45) is 0.160. The van der Waals surface area contributed by atoms with E-state index < -0.39 is 18.4 Å². The number of hydrogen-bond acceptors (Lipinski definition) is 6. The Hall–Kier alpha value is -3.07. The quantitative estimate of drug-likeness (QED) is 0.266. The van der Waals surface area contributed by atoms with Crippen LogP contribution in [0.4, 0.5) is 4.79 Å². The van der Waals surface area contributed by atoms with Crippen LogP contribution in [0.15, 0.2) is 66.7 Å². The molecule has 6 nitrogen and oxygen atoms in total. The van der Waals surface area contributed by atoms with Crippen molar-refractivity contribution in [1.29, 1.82) is 0 Å². The lowest BCUT2D eigenvalue weighted by Gasteiger charge is -2.22. The van der Waals surface area contributed by atoms with Gasteiger partial charge in [-0.15, -0.1) is 0 Å². The standard InChI is InChI=1S/C32H36IO6/c1-21-19-27(17-18-29(21)33-25-13-11-24(12-14-25)32(3,4)5)38-26-15-9-23(10-16-26)22(2)37-31(35)36-20-28-7-6-8-30(34)39-28/h9-19,22,28H,6-8,20H2,1-5H3/q+1. The highest BCUT2D eigenvalue weighted by molar-refractivity contribution is 5.70. The molecular formula is C32H36IO6+. The second kappa shape index (κ2) is 12.9. The summed E-state index contributed by atoms with van der Waals surface area (Å²) in [6, 6.07) is 22.7. The third-order valence-electron chi connectivity index (χ3n) is 6.50. The average molecular weight is 644 g/mol. The molecule has 3 aromatic carbocycles. The average Bonchev–Trinajstić information content (AvgIpc) is 2.89. The number of cyclic esters (lactones) is 1. The molecule has 1 heterocycles. The Bertz CT molecular complexity index is 1280. The van der Waals surface area contributed by atoms with E-state index in [1.54, 1.807) is 6.92 Å². The van der Waals surface area contributed by atoms with E-state index in [9.17, 15) is 9.59 Å². The van der Waals surface area contributed by atoms with Gasteiger partial charge in [0.1, 0.15) is 30.3 Å². The van der Waals surface area contributed by atoms with E-state index in [0.29, 0.717) is 18.6 Å². The molecule has 2 unspecified atom stereocenters. The van der Waals surface area contributed by atoms with Crippen molar-refractivity contribution in [2.75, 3.05) is 6.61 Å². The molecule has 0 saturated carbocycles. The molecule has 1 aliphatic rings. The predicted octanol–water partition coefficient (Wildman–Crippen LogP) is 4.52. The van der Waals surface area contributed by atoms with Gasteiger partial charge in [0.05, 0.1) is 0 Å². The van der Waals surface area contributed by atoms with Crippen LogP contribution in [-0.2, 0) is 24.4 Å². The SMILES string of the molecule is Cc1cc(Oc2ccc(C(C)OC(=O)OCC3CCCC(=O)O3)cc2)ccc1[I+]c1ccc(C(C)(C)C)cc1. The monoisotopic (exact) mass is 643 g/mol. The number of aryl methyl sites for hydroxylation is 1. The lowest BCUT2D eigenvalue weighted by molar-refractivity contribution is -0.598. The van der Waals surface area contributed by atoms with Crippen molar-refractivity contribution >= 4 is 12.1 Å². The maximum absolute atomic E-state index is 12.1. The molecule has 0 aromatic heterocycles. The highest BCUT2D eigenvalue weighted by Gasteiger charge is 2.23. The van der Waals surface area contributed by atoms with Crippen LogP contribution in [0.2, 0.25) is 0 Å².